The van der Waals surface area contributed by atoms with Crippen molar-refractivity contribution in [2.45, 2.75) is 44.7 Å². The van der Waals surface area contributed by atoms with Gasteiger partial charge < -0.3 is 15.3 Å². The van der Waals surface area contributed by atoms with Gasteiger partial charge in [-0.15, -0.1) is 0 Å². The number of aliphatic carboxylic acids is 1. The molecule has 2 N–H and O–H groups in total. The van der Waals surface area contributed by atoms with Crippen LogP contribution in [-0.2, 0) is 4.79 Å². The number of halogens is 3. The lowest BCUT2D eigenvalue weighted by Crippen LogP contribution is -2.47. The fourth-order valence-electron chi connectivity index (χ4n) is 2.55. The van der Waals surface area contributed by atoms with Gasteiger partial charge in [0.05, 0.1) is 0 Å². The lowest BCUT2D eigenvalue weighted by molar-refractivity contribution is -0.148. The van der Waals surface area contributed by atoms with Crippen LogP contribution >= 0.6 is 0 Å². The Kier molecular flexibility index (Phi) is 6.77. The summed E-state index contributed by atoms with van der Waals surface area (Å²) in [7, 11) is 0. The molecule has 1 saturated carbocycles. The van der Waals surface area contributed by atoms with Crippen molar-refractivity contribution in [2.24, 2.45) is 5.92 Å². The number of carbonyl (C=O) groups is 2. The summed E-state index contributed by atoms with van der Waals surface area (Å²) in [5, 5.41) is 11.0. The van der Waals surface area contributed by atoms with Crippen molar-refractivity contribution in [3.05, 3.63) is 0 Å². The van der Waals surface area contributed by atoms with Crippen molar-refractivity contribution in [1.29, 1.82) is 0 Å². The average Bonchev–Trinajstić information content (AvgIpc) is 2.37. The van der Waals surface area contributed by atoms with Crippen molar-refractivity contribution in [3.8, 4) is 0 Å². The van der Waals surface area contributed by atoms with E-state index in [1.165, 1.54) is 6.42 Å². The molecular formula is C13H21F3N2O3. The second-order valence-electron chi connectivity index (χ2n) is 5.39. The van der Waals surface area contributed by atoms with Gasteiger partial charge in [-0.1, -0.05) is 32.1 Å². The molecule has 1 aliphatic rings. The first kappa shape index (κ1) is 17.6. The Bertz CT molecular complexity index is 355. The van der Waals surface area contributed by atoms with Gasteiger partial charge in [0.25, 0.3) is 0 Å². The Labute approximate surface area is 121 Å². The van der Waals surface area contributed by atoms with Crippen LogP contribution in [-0.4, -0.2) is 47.8 Å². The molecule has 8 heteroatoms. The number of carboxylic acid groups (broad SMARTS) is 1. The largest absolute Gasteiger partial charge is 0.480 e. The highest BCUT2D eigenvalue weighted by Crippen LogP contribution is 2.25. The molecule has 0 atom stereocenters. The highest BCUT2D eigenvalue weighted by Gasteiger charge is 2.33. The number of carboxylic acids is 1. The summed E-state index contributed by atoms with van der Waals surface area (Å²) >= 11 is 0. The van der Waals surface area contributed by atoms with Crippen LogP contribution in [0, 0.1) is 5.92 Å². The van der Waals surface area contributed by atoms with Gasteiger partial charge in [-0.3, -0.25) is 4.79 Å². The predicted octanol–water partition coefficient (Wildman–Crippen LogP) is 2.62. The topological polar surface area (TPSA) is 69.6 Å². The number of hydrogen-bond donors (Lipinski definition) is 2. The van der Waals surface area contributed by atoms with E-state index in [9.17, 15) is 22.8 Å². The third-order valence-electron chi connectivity index (χ3n) is 3.54. The fourth-order valence-corrected chi connectivity index (χ4v) is 2.55. The van der Waals surface area contributed by atoms with E-state index in [0.29, 0.717) is 5.92 Å². The minimum absolute atomic E-state index is 0.267. The second-order valence-corrected chi connectivity index (χ2v) is 5.39. The van der Waals surface area contributed by atoms with Crippen LogP contribution in [0.15, 0.2) is 0 Å². The maximum absolute atomic E-state index is 12.3. The lowest BCUT2D eigenvalue weighted by Gasteiger charge is -2.24. The molecule has 2 amide bonds. The summed E-state index contributed by atoms with van der Waals surface area (Å²) < 4.78 is 36.9. The quantitative estimate of drug-likeness (QED) is 0.792. The molecule has 0 heterocycles. The monoisotopic (exact) mass is 310 g/mol. The fraction of sp³-hybridized carbons (Fsp3) is 0.846. The van der Waals surface area contributed by atoms with Gasteiger partial charge in [-0.2, -0.15) is 13.2 Å². The average molecular weight is 310 g/mol. The predicted molar refractivity (Wildman–Crippen MR) is 69.9 cm³/mol. The minimum atomic E-state index is -4.61. The van der Waals surface area contributed by atoms with Crippen molar-refractivity contribution in [3.63, 3.8) is 0 Å². The van der Waals surface area contributed by atoms with E-state index in [-0.39, 0.29) is 11.4 Å². The second kappa shape index (κ2) is 8.09. The van der Waals surface area contributed by atoms with Gasteiger partial charge in [-0.05, 0) is 12.3 Å². The van der Waals surface area contributed by atoms with Crippen molar-refractivity contribution >= 4 is 12.0 Å². The van der Waals surface area contributed by atoms with E-state index in [2.05, 4.69) is 5.32 Å². The molecule has 0 radical (unpaired) electrons. The smallest absolute Gasteiger partial charge is 0.406 e. The van der Waals surface area contributed by atoms with E-state index < -0.39 is 31.3 Å². The van der Waals surface area contributed by atoms with E-state index >= 15 is 0 Å². The van der Waals surface area contributed by atoms with Gasteiger partial charge in [-0.25, -0.2) is 4.79 Å². The molecule has 1 fully saturated rings. The summed E-state index contributed by atoms with van der Waals surface area (Å²) in [4.78, 5) is 22.4. The summed E-state index contributed by atoms with van der Waals surface area (Å²) in [6.07, 6.45) is 1.78. The first-order valence-corrected chi connectivity index (χ1v) is 7.09. The Morgan fingerprint density at radius 1 is 1.19 bits per heavy atom. The number of rotatable bonds is 6. The summed E-state index contributed by atoms with van der Waals surface area (Å²) in [6.45, 7) is -2.25. The molecule has 122 valence electrons. The van der Waals surface area contributed by atoms with Gasteiger partial charge in [0.15, 0.2) is 0 Å². The zero-order valence-corrected chi connectivity index (χ0v) is 11.8. The molecule has 1 aliphatic carbocycles. The first-order valence-electron chi connectivity index (χ1n) is 7.09. The third kappa shape index (κ3) is 7.77. The van der Waals surface area contributed by atoms with E-state index in [4.69, 9.17) is 5.11 Å². The normalized spacial score (nSPS) is 16.5. The molecule has 0 aliphatic heterocycles. The Morgan fingerprint density at radius 2 is 1.81 bits per heavy atom. The maximum atomic E-state index is 12.3. The number of nitrogens with zero attached hydrogens (tertiary/aromatic N) is 1. The molecule has 0 aromatic rings. The number of hydrogen-bond acceptors (Lipinski definition) is 2. The van der Waals surface area contributed by atoms with E-state index in [0.717, 1.165) is 32.1 Å². The van der Waals surface area contributed by atoms with Crippen molar-refractivity contribution in [2.75, 3.05) is 19.6 Å². The van der Waals surface area contributed by atoms with Crippen LogP contribution in [0.1, 0.15) is 38.5 Å². The molecule has 5 nitrogen and oxygen atoms in total. The van der Waals surface area contributed by atoms with Crippen LogP contribution in [0.2, 0.25) is 0 Å². The highest BCUT2D eigenvalue weighted by molar-refractivity contribution is 5.80. The third-order valence-corrected chi connectivity index (χ3v) is 3.54. The van der Waals surface area contributed by atoms with Crippen LogP contribution in [0.4, 0.5) is 18.0 Å². The first-order chi connectivity index (χ1) is 9.78. The summed E-state index contributed by atoms with van der Waals surface area (Å²) in [5.41, 5.74) is 0. The van der Waals surface area contributed by atoms with Crippen LogP contribution in [0.5, 0.6) is 0 Å². The maximum Gasteiger partial charge on any atom is 0.406 e. The molecular weight excluding hydrogens is 289 g/mol. The molecule has 0 spiro atoms. The van der Waals surface area contributed by atoms with Gasteiger partial charge in [0, 0.05) is 6.54 Å². The SMILES string of the molecule is O=C(O)CN(CC(F)(F)F)C(=O)NCCC1CCCCC1. The Hall–Kier alpha value is -1.47. The zero-order valence-electron chi connectivity index (χ0n) is 11.8. The molecule has 0 bridgehead atoms. The van der Waals surface area contributed by atoms with Crippen LogP contribution < -0.4 is 5.32 Å². The number of alkyl halides is 3. The molecule has 21 heavy (non-hydrogen) atoms. The highest BCUT2D eigenvalue weighted by atomic mass is 19.4. The van der Waals surface area contributed by atoms with Gasteiger partial charge in [0.1, 0.15) is 13.1 Å². The Balaban J connectivity index is 2.38. The van der Waals surface area contributed by atoms with Crippen LogP contribution in [0.3, 0.4) is 0 Å². The number of carbonyl (C=O) groups excluding carboxylic acids is 1. The van der Waals surface area contributed by atoms with Crippen LogP contribution in [0.25, 0.3) is 0 Å². The molecule has 0 aromatic heterocycles. The van der Waals surface area contributed by atoms with E-state index in [1.807, 2.05) is 0 Å². The van der Waals surface area contributed by atoms with Gasteiger partial charge in [0.2, 0.25) is 0 Å². The molecule has 1 rings (SSSR count). The lowest BCUT2D eigenvalue weighted by atomic mass is 9.87. The van der Waals surface area contributed by atoms with Crippen molar-refractivity contribution in [1.82, 2.24) is 10.2 Å². The number of nitrogens with one attached hydrogen (secondary N) is 1. The molecule has 0 saturated heterocycles. The van der Waals surface area contributed by atoms with Gasteiger partial charge >= 0.3 is 18.2 Å². The van der Waals surface area contributed by atoms with Crippen molar-refractivity contribution < 1.29 is 27.9 Å². The number of urea groups is 1. The van der Waals surface area contributed by atoms with E-state index in [1.54, 1.807) is 0 Å². The summed E-state index contributed by atoms with van der Waals surface area (Å²) in [5.74, 6) is -0.976. The number of amides is 2. The minimum Gasteiger partial charge on any atom is -0.480 e. The molecule has 0 aromatic carbocycles. The Morgan fingerprint density at radius 3 is 2.33 bits per heavy atom. The summed E-state index contributed by atoms with van der Waals surface area (Å²) in [6, 6.07) is -0.981. The standard InChI is InChI=1S/C13H21F3N2O3/c14-13(15,16)9-18(8-11(19)20)12(21)17-7-6-10-4-2-1-3-5-10/h10H,1-9H2,(H,17,21)(H,19,20). The molecule has 0 unspecified atom stereocenters. The zero-order chi connectivity index (χ0) is 15.9.